The molecular formula is C39H45N5O8Si. The number of carbonyl (C=O) groups is 3. The zero-order valence-electron chi connectivity index (χ0n) is 30.5. The molecule has 53 heavy (non-hydrogen) atoms. The van der Waals surface area contributed by atoms with Gasteiger partial charge >= 0.3 is 5.97 Å². The molecule has 14 heteroatoms. The molecule has 3 aliphatic heterocycles. The van der Waals surface area contributed by atoms with E-state index in [1.165, 1.54) is 11.8 Å². The first-order valence-electron chi connectivity index (χ1n) is 17.9. The lowest BCUT2D eigenvalue weighted by Gasteiger charge is -2.39. The number of methoxy groups -OCH3 is 1. The van der Waals surface area contributed by atoms with Crippen LogP contribution in [0, 0.1) is 5.92 Å². The van der Waals surface area contributed by atoms with Crippen LogP contribution in [0.15, 0.2) is 79.0 Å². The molecule has 2 saturated heterocycles. The van der Waals surface area contributed by atoms with Gasteiger partial charge in [0.25, 0.3) is 5.91 Å². The van der Waals surface area contributed by atoms with E-state index in [1.54, 1.807) is 28.8 Å². The van der Waals surface area contributed by atoms with Crippen molar-refractivity contribution in [2.45, 2.75) is 82.3 Å². The van der Waals surface area contributed by atoms with E-state index in [0.29, 0.717) is 41.3 Å². The van der Waals surface area contributed by atoms with Crippen LogP contribution in [-0.4, -0.2) is 77.0 Å². The van der Waals surface area contributed by atoms with Crippen molar-refractivity contribution < 1.29 is 38.5 Å². The van der Waals surface area contributed by atoms with Crippen LogP contribution in [0.25, 0.3) is 0 Å². The third-order valence-electron chi connectivity index (χ3n) is 10.9. The first kappa shape index (κ1) is 36.5. The zero-order chi connectivity index (χ0) is 37.7. The fraction of sp³-hybridized carbons (Fsp3) is 0.410. The maximum atomic E-state index is 14.9. The number of anilines is 2. The van der Waals surface area contributed by atoms with Crippen LogP contribution in [0.3, 0.4) is 0 Å². The van der Waals surface area contributed by atoms with Gasteiger partial charge in [0.2, 0.25) is 5.91 Å². The summed E-state index contributed by atoms with van der Waals surface area (Å²) < 4.78 is 19.6. The second-order valence-corrected chi connectivity index (χ2v) is 18.6. The lowest BCUT2D eigenvalue weighted by Crippen LogP contribution is -2.54. The highest BCUT2D eigenvalue weighted by molar-refractivity contribution is 6.71. The minimum atomic E-state index is -2.92. The van der Waals surface area contributed by atoms with Crippen molar-refractivity contribution in [2.24, 2.45) is 5.92 Å². The highest BCUT2D eigenvalue weighted by Gasteiger charge is 2.66. The molecule has 0 aliphatic carbocycles. The van der Waals surface area contributed by atoms with Crippen LogP contribution in [-0.2, 0) is 42.5 Å². The maximum Gasteiger partial charge on any atom is 0.304 e. The minimum Gasteiger partial charge on any atom is -0.497 e. The summed E-state index contributed by atoms with van der Waals surface area (Å²) in [5.74, 6) is -0.902. The summed E-state index contributed by atoms with van der Waals surface area (Å²) >= 11 is 0. The molecule has 6 atom stereocenters. The monoisotopic (exact) mass is 739 g/mol. The molecule has 0 bridgehead atoms. The Balaban J connectivity index is 1.15. The largest absolute Gasteiger partial charge is 0.497 e. The number of fused-ring (bicyclic) bond motifs is 2. The third-order valence-corrected chi connectivity index (χ3v) is 13.4. The number of aliphatic hydroxyl groups is 1. The number of benzene rings is 3. The van der Waals surface area contributed by atoms with Gasteiger partial charge in [-0.2, -0.15) is 0 Å². The number of hydrogen-bond donors (Lipinski definition) is 2. The fourth-order valence-electron chi connectivity index (χ4n) is 8.44. The summed E-state index contributed by atoms with van der Waals surface area (Å²) in [6, 6.07) is 22.5. The third kappa shape index (κ3) is 6.53. The molecule has 1 aromatic heterocycles. The molecule has 4 heterocycles. The maximum absolute atomic E-state index is 14.9. The molecule has 4 aromatic rings. The van der Waals surface area contributed by atoms with Crippen LogP contribution >= 0.6 is 0 Å². The topological polar surface area (TPSA) is 157 Å². The van der Waals surface area contributed by atoms with Crippen LogP contribution < -0.4 is 14.5 Å². The number of rotatable bonds is 12. The molecule has 3 aliphatic rings. The lowest BCUT2D eigenvalue weighted by molar-refractivity contribution is -0.154. The van der Waals surface area contributed by atoms with Gasteiger partial charge in [0.1, 0.15) is 5.75 Å². The molecule has 0 radical (unpaired) electrons. The molecule has 13 nitrogen and oxygen atoms in total. The van der Waals surface area contributed by atoms with Crippen LogP contribution in [0.1, 0.15) is 55.0 Å². The van der Waals surface area contributed by atoms with Gasteiger partial charge in [0.15, 0.2) is 20.1 Å². The Morgan fingerprint density at radius 3 is 2.47 bits per heavy atom. The van der Waals surface area contributed by atoms with E-state index < -0.39 is 32.2 Å². The highest BCUT2D eigenvalue weighted by atomic mass is 28.4. The SMILES string of the molecule is COc1ccc2c(c1)[C@]1(O[C@@H](CCn3cc(C(CO)c4ccccc4)nn3)[C@H]([Si](C)(C)O)[C@H]1C)C(=O)N2Cc1ccc(N2C(=O)CC2OC(C)=O)cc1. The number of β-lactam (4-membered cyclic amide) rings is 1. The molecule has 2 unspecified atom stereocenters. The van der Waals surface area contributed by atoms with Crippen molar-refractivity contribution in [1.82, 2.24) is 15.0 Å². The number of aryl methyl sites for hydroxylation is 1. The van der Waals surface area contributed by atoms with Crippen LogP contribution in [0.5, 0.6) is 5.75 Å². The van der Waals surface area contributed by atoms with E-state index in [4.69, 9.17) is 14.2 Å². The van der Waals surface area contributed by atoms with Crippen molar-refractivity contribution in [3.8, 4) is 5.75 Å². The number of aromatic nitrogens is 3. The number of amides is 2. The molecule has 7 rings (SSSR count). The molecule has 2 N–H and O–H groups in total. The fourth-order valence-corrected chi connectivity index (χ4v) is 11.0. The normalized spacial score (nSPS) is 24.4. The number of aliphatic hydroxyl groups excluding tert-OH is 1. The van der Waals surface area contributed by atoms with E-state index in [2.05, 4.69) is 10.3 Å². The Morgan fingerprint density at radius 2 is 1.83 bits per heavy atom. The number of ether oxygens (including phenoxy) is 3. The second-order valence-electron chi connectivity index (χ2n) is 14.7. The Morgan fingerprint density at radius 1 is 1.09 bits per heavy atom. The summed E-state index contributed by atoms with van der Waals surface area (Å²) in [5.41, 5.74) is 2.77. The molecule has 3 aromatic carbocycles. The van der Waals surface area contributed by atoms with Crippen molar-refractivity contribution in [3.63, 3.8) is 0 Å². The number of carbonyl (C=O) groups excluding carboxylic acids is 3. The first-order chi connectivity index (χ1) is 25.3. The summed E-state index contributed by atoms with van der Waals surface area (Å²) in [5, 5.41) is 18.9. The van der Waals surface area contributed by atoms with Gasteiger partial charge in [-0.05, 0) is 61.0 Å². The molecule has 2 fully saturated rings. The summed E-state index contributed by atoms with van der Waals surface area (Å²) in [6.45, 7) is 7.66. The van der Waals surface area contributed by atoms with E-state index in [1.807, 2.05) is 86.9 Å². The van der Waals surface area contributed by atoms with Crippen LogP contribution in [0.4, 0.5) is 11.4 Å². The highest BCUT2D eigenvalue weighted by Crippen LogP contribution is 2.60. The summed E-state index contributed by atoms with van der Waals surface area (Å²) in [7, 11) is -1.34. The Bertz CT molecular complexity index is 2000. The van der Waals surface area contributed by atoms with Gasteiger partial charge in [-0.1, -0.05) is 54.6 Å². The summed E-state index contributed by atoms with van der Waals surface area (Å²) in [6.07, 6.45) is 1.35. The molecule has 1 spiro atoms. The Hall–Kier alpha value is -4.89. The van der Waals surface area contributed by atoms with Crippen molar-refractivity contribution >= 4 is 37.5 Å². The minimum absolute atomic E-state index is 0.110. The van der Waals surface area contributed by atoms with E-state index in [9.17, 15) is 24.3 Å². The zero-order valence-corrected chi connectivity index (χ0v) is 31.5. The number of nitrogens with zero attached hydrogens (tertiary/aromatic N) is 5. The average Bonchev–Trinajstić information content (AvgIpc) is 3.78. The van der Waals surface area contributed by atoms with Crippen molar-refractivity contribution in [2.75, 3.05) is 23.5 Å². The molecular weight excluding hydrogens is 695 g/mol. The second kappa shape index (κ2) is 14.2. The predicted octanol–water partition coefficient (Wildman–Crippen LogP) is 4.47. The van der Waals surface area contributed by atoms with Gasteiger partial charge < -0.3 is 29.0 Å². The quantitative estimate of drug-likeness (QED) is 0.121. The van der Waals surface area contributed by atoms with E-state index in [0.717, 1.165) is 11.1 Å². The van der Waals surface area contributed by atoms with Crippen molar-refractivity contribution in [1.29, 1.82) is 0 Å². The van der Waals surface area contributed by atoms with Gasteiger partial charge in [-0.25, -0.2) is 0 Å². The van der Waals surface area contributed by atoms with Gasteiger partial charge in [-0.3, -0.25) is 24.0 Å². The Kier molecular flexibility index (Phi) is 9.74. The van der Waals surface area contributed by atoms with E-state index >= 15 is 0 Å². The lowest BCUT2D eigenvalue weighted by atomic mass is 9.82. The van der Waals surface area contributed by atoms with E-state index in [-0.39, 0.29) is 48.8 Å². The van der Waals surface area contributed by atoms with Gasteiger partial charge in [0.05, 0.1) is 50.1 Å². The van der Waals surface area contributed by atoms with Gasteiger partial charge in [-0.15, -0.1) is 5.10 Å². The standard InChI is InChI=1S/C39H45N5O8Si/c1-24-37(53(4,5)49)34(17-18-42-22-32(40-41-42)30(23-45)27-9-7-6-8-10-27)52-39(24)31-19-29(50-3)15-16-33(31)43(38(39)48)21-26-11-13-28(14-12-26)44-35(47)20-36(44)51-25(2)46/h6-16,19,22,24,30,34,36-37,45,49H,17-18,20-21,23H2,1-5H3/t24-,30?,34+,36?,37-,39+/m1/s1. The summed E-state index contributed by atoms with van der Waals surface area (Å²) in [4.78, 5) is 53.7. The average molecular weight is 740 g/mol. The number of hydrogen-bond acceptors (Lipinski definition) is 10. The predicted molar refractivity (Wildman–Crippen MR) is 197 cm³/mol. The smallest absolute Gasteiger partial charge is 0.304 e. The van der Waals surface area contributed by atoms with Crippen molar-refractivity contribution in [3.05, 3.63) is 101 Å². The number of esters is 1. The van der Waals surface area contributed by atoms with Crippen LogP contribution in [0.2, 0.25) is 18.6 Å². The molecule has 2 amide bonds. The first-order valence-corrected chi connectivity index (χ1v) is 20.9. The Labute approximate surface area is 309 Å². The molecule has 0 saturated carbocycles. The van der Waals surface area contributed by atoms with Gasteiger partial charge in [0, 0.05) is 42.4 Å². The molecule has 278 valence electrons.